The van der Waals surface area contributed by atoms with Gasteiger partial charge in [0.1, 0.15) is 0 Å². The molecule has 0 spiro atoms. The fraction of sp³-hybridized carbons (Fsp3) is 0.0250. The molecule has 1 nitrogen and oxygen atoms in total. The number of hydrogen-bond acceptors (Lipinski definition) is 1. The molecule has 0 heterocycles. The summed E-state index contributed by atoms with van der Waals surface area (Å²) < 4.78 is 0. The normalized spacial score (nSPS) is 11.6. The van der Waals surface area contributed by atoms with Gasteiger partial charge in [-0.05, 0) is 90.8 Å². The highest BCUT2D eigenvalue weighted by Crippen LogP contribution is 2.44. The molecule has 0 radical (unpaired) electrons. The SMILES string of the molecule is C=C(/C=C\C)C(=C)/C=C\C(=N)c1ccc2c(-c3ccccc3)c3ccccc3c(-c3ccc4ccccc4c3)c2c1. The summed E-state index contributed by atoms with van der Waals surface area (Å²) in [6.07, 6.45) is 7.55. The number of allylic oxidation sites excluding steroid dienone is 6. The minimum absolute atomic E-state index is 0.431. The third-order valence-corrected chi connectivity index (χ3v) is 7.67. The van der Waals surface area contributed by atoms with E-state index in [-0.39, 0.29) is 0 Å². The smallest absolute Gasteiger partial charge is 0.0612 e. The van der Waals surface area contributed by atoms with Crippen LogP contribution in [0.2, 0.25) is 0 Å². The second-order valence-corrected chi connectivity index (χ2v) is 10.3. The van der Waals surface area contributed by atoms with E-state index in [1.807, 2.05) is 31.2 Å². The summed E-state index contributed by atoms with van der Waals surface area (Å²) in [5, 5.41) is 16.1. The molecule has 0 aliphatic heterocycles. The molecule has 0 saturated heterocycles. The molecular weight excluding hydrogens is 494 g/mol. The van der Waals surface area contributed by atoms with Crippen LogP contribution < -0.4 is 0 Å². The Morgan fingerprint density at radius 1 is 0.537 bits per heavy atom. The van der Waals surface area contributed by atoms with Crippen molar-refractivity contribution in [3.05, 3.63) is 169 Å². The van der Waals surface area contributed by atoms with E-state index in [1.165, 1.54) is 49.2 Å². The molecule has 0 atom stereocenters. The Hall–Kier alpha value is -5.27. The van der Waals surface area contributed by atoms with Crippen molar-refractivity contribution in [1.82, 2.24) is 0 Å². The van der Waals surface area contributed by atoms with Crippen molar-refractivity contribution in [2.24, 2.45) is 0 Å². The van der Waals surface area contributed by atoms with Crippen LogP contribution >= 0.6 is 0 Å². The lowest BCUT2D eigenvalue weighted by Crippen LogP contribution is -1.97. The fourth-order valence-corrected chi connectivity index (χ4v) is 5.61. The largest absolute Gasteiger partial charge is 0.300 e. The highest BCUT2D eigenvalue weighted by atomic mass is 14.4. The molecule has 0 amide bonds. The molecule has 1 N–H and O–H groups in total. The van der Waals surface area contributed by atoms with Gasteiger partial charge in [-0.15, -0.1) is 0 Å². The van der Waals surface area contributed by atoms with Crippen LogP contribution in [0.25, 0.3) is 54.6 Å². The lowest BCUT2D eigenvalue weighted by Gasteiger charge is -2.19. The Morgan fingerprint density at radius 3 is 1.88 bits per heavy atom. The zero-order chi connectivity index (χ0) is 28.3. The molecule has 0 fully saturated rings. The Bertz CT molecular complexity index is 2040. The Morgan fingerprint density at radius 2 is 1.15 bits per heavy atom. The number of nitrogens with one attached hydrogen (secondary N) is 1. The maximum Gasteiger partial charge on any atom is 0.0612 e. The monoisotopic (exact) mass is 525 g/mol. The van der Waals surface area contributed by atoms with E-state index in [0.717, 1.165) is 22.1 Å². The van der Waals surface area contributed by atoms with Crippen LogP contribution in [-0.4, -0.2) is 5.71 Å². The maximum absolute atomic E-state index is 8.93. The number of benzene rings is 6. The van der Waals surface area contributed by atoms with Crippen molar-refractivity contribution in [1.29, 1.82) is 5.41 Å². The van der Waals surface area contributed by atoms with Crippen LogP contribution in [0.5, 0.6) is 0 Å². The first-order valence-corrected chi connectivity index (χ1v) is 13.9. The molecule has 196 valence electrons. The van der Waals surface area contributed by atoms with Gasteiger partial charge >= 0.3 is 0 Å². The topological polar surface area (TPSA) is 23.9 Å². The van der Waals surface area contributed by atoms with Gasteiger partial charge in [0.25, 0.3) is 0 Å². The molecule has 41 heavy (non-hydrogen) atoms. The fourth-order valence-electron chi connectivity index (χ4n) is 5.61. The molecule has 0 saturated carbocycles. The summed E-state index contributed by atoms with van der Waals surface area (Å²) in [5.41, 5.74) is 7.67. The van der Waals surface area contributed by atoms with Gasteiger partial charge in [-0.1, -0.05) is 135 Å². The van der Waals surface area contributed by atoms with Gasteiger partial charge in [-0.2, -0.15) is 0 Å². The van der Waals surface area contributed by atoms with Crippen molar-refractivity contribution >= 4 is 38.0 Å². The second kappa shape index (κ2) is 11.1. The van der Waals surface area contributed by atoms with Gasteiger partial charge in [-0.25, -0.2) is 0 Å². The van der Waals surface area contributed by atoms with Gasteiger partial charge in [0.2, 0.25) is 0 Å². The van der Waals surface area contributed by atoms with Crippen molar-refractivity contribution in [3.63, 3.8) is 0 Å². The zero-order valence-corrected chi connectivity index (χ0v) is 23.2. The highest BCUT2D eigenvalue weighted by molar-refractivity contribution is 6.23. The minimum atomic E-state index is 0.431. The van der Waals surface area contributed by atoms with E-state index < -0.39 is 0 Å². The summed E-state index contributed by atoms with van der Waals surface area (Å²) in [7, 11) is 0. The molecule has 6 aromatic carbocycles. The summed E-state index contributed by atoms with van der Waals surface area (Å²) in [6, 6.07) is 40.9. The first-order valence-electron chi connectivity index (χ1n) is 13.9. The van der Waals surface area contributed by atoms with Crippen LogP contribution in [0.3, 0.4) is 0 Å². The molecule has 0 aliphatic carbocycles. The minimum Gasteiger partial charge on any atom is -0.300 e. The predicted octanol–water partition coefficient (Wildman–Crippen LogP) is 11.1. The standard InChI is InChI=1S/C40H31N/c1-4-12-27(2)28(3)19-24-38(41)32-22-23-36-37(26-32)40(33-21-20-29-13-8-9-16-31(29)25-33)35-18-11-10-17-34(35)39(36)30-14-6-5-7-15-30/h4-26,41H,2-3H2,1H3/b12-4-,24-19-,41-38?. The van der Waals surface area contributed by atoms with E-state index >= 15 is 0 Å². The van der Waals surface area contributed by atoms with Crippen LogP contribution in [0.4, 0.5) is 0 Å². The first kappa shape index (κ1) is 26.0. The van der Waals surface area contributed by atoms with Gasteiger partial charge in [0.15, 0.2) is 0 Å². The van der Waals surface area contributed by atoms with Gasteiger partial charge < -0.3 is 5.41 Å². The third-order valence-electron chi connectivity index (χ3n) is 7.67. The van der Waals surface area contributed by atoms with E-state index in [0.29, 0.717) is 5.71 Å². The average Bonchev–Trinajstić information content (AvgIpc) is 3.02. The summed E-state index contributed by atoms with van der Waals surface area (Å²) in [4.78, 5) is 0. The maximum atomic E-state index is 8.93. The lowest BCUT2D eigenvalue weighted by molar-refractivity contribution is 1.49. The van der Waals surface area contributed by atoms with Gasteiger partial charge in [0, 0.05) is 5.56 Å². The average molecular weight is 526 g/mol. The Balaban J connectivity index is 1.62. The Kier molecular flexibility index (Phi) is 7.02. The van der Waals surface area contributed by atoms with Crippen LogP contribution in [0.15, 0.2) is 164 Å². The predicted molar refractivity (Wildman–Crippen MR) is 179 cm³/mol. The van der Waals surface area contributed by atoms with E-state index in [1.54, 1.807) is 0 Å². The van der Waals surface area contributed by atoms with Gasteiger partial charge in [-0.3, -0.25) is 0 Å². The third kappa shape index (κ3) is 4.95. The molecule has 6 aromatic rings. The summed E-state index contributed by atoms with van der Waals surface area (Å²) in [6.45, 7) is 10.1. The highest BCUT2D eigenvalue weighted by Gasteiger charge is 2.17. The molecular formula is C40H31N. The van der Waals surface area contributed by atoms with E-state index in [2.05, 4.69) is 128 Å². The number of hydrogen-bond donors (Lipinski definition) is 1. The van der Waals surface area contributed by atoms with Crippen LogP contribution in [-0.2, 0) is 0 Å². The van der Waals surface area contributed by atoms with E-state index in [4.69, 9.17) is 5.41 Å². The number of fused-ring (bicyclic) bond motifs is 3. The van der Waals surface area contributed by atoms with Crippen molar-refractivity contribution in [2.45, 2.75) is 6.92 Å². The van der Waals surface area contributed by atoms with E-state index in [9.17, 15) is 0 Å². The molecule has 0 unspecified atom stereocenters. The molecule has 0 aliphatic rings. The van der Waals surface area contributed by atoms with Crippen LogP contribution in [0.1, 0.15) is 12.5 Å². The molecule has 1 heteroatoms. The molecule has 6 rings (SSSR count). The van der Waals surface area contributed by atoms with Gasteiger partial charge in [0.05, 0.1) is 5.71 Å². The molecule has 0 aromatic heterocycles. The quantitative estimate of drug-likeness (QED) is 0.122. The summed E-state index contributed by atoms with van der Waals surface area (Å²) in [5.74, 6) is 0. The lowest BCUT2D eigenvalue weighted by atomic mass is 9.84. The Labute approximate surface area is 241 Å². The van der Waals surface area contributed by atoms with Crippen molar-refractivity contribution in [2.75, 3.05) is 0 Å². The zero-order valence-electron chi connectivity index (χ0n) is 23.2. The second-order valence-electron chi connectivity index (χ2n) is 10.3. The first-order chi connectivity index (χ1) is 20.0. The van der Waals surface area contributed by atoms with Crippen molar-refractivity contribution < 1.29 is 0 Å². The number of rotatable bonds is 7. The molecule has 0 bridgehead atoms. The summed E-state index contributed by atoms with van der Waals surface area (Å²) >= 11 is 0. The van der Waals surface area contributed by atoms with Crippen LogP contribution in [0, 0.1) is 5.41 Å². The van der Waals surface area contributed by atoms with Crippen molar-refractivity contribution in [3.8, 4) is 22.3 Å².